The molecule has 40 heavy (non-hydrogen) atoms. The summed E-state index contributed by atoms with van der Waals surface area (Å²) < 4.78 is 0. The maximum absolute atomic E-state index is 12.2. The van der Waals surface area contributed by atoms with Crippen LogP contribution >= 0.6 is 12.4 Å². The number of amides is 2. The highest BCUT2D eigenvalue weighted by atomic mass is 35.5. The minimum Gasteiger partial charge on any atom is -0.478 e. The smallest absolute Gasteiger partial charge is 0.335 e. The molecule has 1 saturated carbocycles. The van der Waals surface area contributed by atoms with Gasteiger partial charge in [0.1, 0.15) is 5.78 Å². The highest BCUT2D eigenvalue weighted by Crippen LogP contribution is 2.34. The van der Waals surface area contributed by atoms with Gasteiger partial charge in [-0.25, -0.2) is 4.79 Å². The van der Waals surface area contributed by atoms with Crippen LogP contribution in [-0.2, 0) is 27.3 Å². The van der Waals surface area contributed by atoms with E-state index < -0.39 is 12.1 Å². The van der Waals surface area contributed by atoms with E-state index in [0.717, 1.165) is 31.5 Å². The van der Waals surface area contributed by atoms with Gasteiger partial charge in [-0.05, 0) is 67.3 Å². The van der Waals surface area contributed by atoms with Gasteiger partial charge >= 0.3 is 5.97 Å². The lowest BCUT2D eigenvalue weighted by molar-refractivity contribution is -0.136. The lowest BCUT2D eigenvalue weighted by Crippen LogP contribution is -2.42. The number of carbonyl (C=O) groups is 4. The molecule has 0 aromatic heterocycles. The molecule has 0 bridgehead atoms. The van der Waals surface area contributed by atoms with Crippen LogP contribution in [0.25, 0.3) is 0 Å². The molecule has 8 nitrogen and oxygen atoms in total. The van der Waals surface area contributed by atoms with Crippen LogP contribution in [0.15, 0.2) is 54.6 Å². The number of aliphatic hydroxyl groups is 1. The van der Waals surface area contributed by atoms with Crippen LogP contribution in [0.2, 0.25) is 0 Å². The third-order valence-corrected chi connectivity index (χ3v) is 7.47. The van der Waals surface area contributed by atoms with E-state index in [1.807, 2.05) is 31.2 Å². The summed E-state index contributed by atoms with van der Waals surface area (Å²) in [6.07, 6.45) is 2.55. The number of carbonyl (C=O) groups excluding carboxylic acids is 3. The van der Waals surface area contributed by atoms with E-state index in [1.165, 1.54) is 5.56 Å². The van der Waals surface area contributed by atoms with Crippen molar-refractivity contribution in [2.45, 2.75) is 65.0 Å². The van der Waals surface area contributed by atoms with Gasteiger partial charge < -0.3 is 15.5 Å². The van der Waals surface area contributed by atoms with Gasteiger partial charge in [-0.2, -0.15) is 0 Å². The zero-order chi connectivity index (χ0) is 28.4. The molecule has 0 spiro atoms. The maximum Gasteiger partial charge on any atom is 0.335 e. The standard InChI is InChI=1S/C16H17NO2.C15H23NO4.ClH/c18-16(19)15-8-4-7-13(11-15)9-10-17-12-14-5-2-1-3-6-14;1-8-3-9(2)15(20)11(4-8)12(17)5-10-6-13(18)16-14(19)7-10;/h1-8,11,17H,9-10,12H2,(H,18,19);8-12,17H,3-7H2,1-2H3,(H,16,18,19);1H/t;8-,9-,11-,12+;/m.0./s1. The number of piperidine rings is 1. The lowest BCUT2D eigenvalue weighted by Gasteiger charge is -2.34. The Bertz CT molecular complexity index is 1130. The summed E-state index contributed by atoms with van der Waals surface area (Å²) in [5.41, 5.74) is 2.64. The van der Waals surface area contributed by atoms with Crippen LogP contribution in [0, 0.1) is 23.7 Å². The van der Waals surface area contributed by atoms with Crippen LogP contribution in [0.1, 0.15) is 67.4 Å². The molecule has 1 heterocycles. The zero-order valence-electron chi connectivity index (χ0n) is 23.2. The Kier molecular flexibility index (Phi) is 13.5. The molecule has 218 valence electrons. The first kappa shape index (κ1) is 33.1. The molecule has 2 amide bonds. The van der Waals surface area contributed by atoms with Gasteiger partial charge in [0.25, 0.3) is 0 Å². The van der Waals surface area contributed by atoms with E-state index in [4.69, 9.17) is 5.11 Å². The van der Waals surface area contributed by atoms with Crippen LogP contribution in [0.3, 0.4) is 0 Å². The van der Waals surface area contributed by atoms with Crippen molar-refractivity contribution < 1.29 is 29.4 Å². The maximum atomic E-state index is 12.2. The Morgan fingerprint density at radius 1 is 0.975 bits per heavy atom. The second-order valence-electron chi connectivity index (χ2n) is 11.0. The summed E-state index contributed by atoms with van der Waals surface area (Å²) in [6, 6.07) is 17.3. The third kappa shape index (κ3) is 10.5. The Labute approximate surface area is 242 Å². The predicted octanol–water partition coefficient (Wildman–Crippen LogP) is 4.18. The number of imide groups is 1. The fraction of sp³-hybridized carbons (Fsp3) is 0.484. The second kappa shape index (κ2) is 16.3. The van der Waals surface area contributed by atoms with E-state index in [9.17, 15) is 24.3 Å². The molecular formula is C31H41ClN2O6. The molecule has 4 N–H and O–H groups in total. The topological polar surface area (TPSA) is 133 Å². The lowest BCUT2D eigenvalue weighted by atomic mass is 9.71. The van der Waals surface area contributed by atoms with E-state index in [-0.39, 0.29) is 60.6 Å². The van der Waals surface area contributed by atoms with Crippen molar-refractivity contribution in [2.24, 2.45) is 23.7 Å². The Balaban J connectivity index is 0.000000274. The average molecular weight is 573 g/mol. The highest BCUT2D eigenvalue weighted by molar-refractivity contribution is 5.97. The second-order valence-corrected chi connectivity index (χ2v) is 11.0. The number of ketones is 1. The number of hydrogen-bond acceptors (Lipinski definition) is 6. The molecule has 1 saturated heterocycles. The molecule has 1 aliphatic heterocycles. The van der Waals surface area contributed by atoms with Crippen LogP contribution in [-0.4, -0.2) is 46.4 Å². The van der Waals surface area contributed by atoms with Crippen molar-refractivity contribution in [1.29, 1.82) is 0 Å². The molecule has 4 rings (SSSR count). The number of carboxylic acids is 1. The van der Waals surface area contributed by atoms with Gasteiger partial charge in [0.15, 0.2) is 0 Å². The van der Waals surface area contributed by atoms with E-state index >= 15 is 0 Å². The Morgan fingerprint density at radius 3 is 2.27 bits per heavy atom. The first-order valence-corrected chi connectivity index (χ1v) is 13.7. The summed E-state index contributed by atoms with van der Waals surface area (Å²) in [6.45, 7) is 5.67. The van der Waals surface area contributed by atoms with Crippen molar-refractivity contribution in [3.05, 3.63) is 71.3 Å². The molecule has 4 atom stereocenters. The van der Waals surface area contributed by atoms with E-state index in [2.05, 4.69) is 29.7 Å². The number of hydrogen-bond donors (Lipinski definition) is 4. The zero-order valence-corrected chi connectivity index (χ0v) is 24.0. The quantitative estimate of drug-likeness (QED) is 0.262. The SMILES string of the molecule is C[C@@H]1C[C@@H]([C@H](O)CC2CC(=O)NC(=O)C2)C(=O)[C@@H](C)C1.Cl.O=C(O)c1cccc(CCNCc2ccccc2)c1. The molecule has 2 fully saturated rings. The van der Waals surface area contributed by atoms with Crippen molar-refractivity contribution in [1.82, 2.24) is 10.6 Å². The molecular weight excluding hydrogens is 532 g/mol. The highest BCUT2D eigenvalue weighted by Gasteiger charge is 2.38. The van der Waals surface area contributed by atoms with Crippen molar-refractivity contribution in [3.8, 4) is 0 Å². The monoisotopic (exact) mass is 572 g/mol. The number of halogens is 1. The number of benzene rings is 2. The van der Waals surface area contributed by atoms with E-state index in [1.54, 1.807) is 18.2 Å². The molecule has 2 aromatic carbocycles. The van der Waals surface area contributed by atoms with Gasteiger partial charge in [0.2, 0.25) is 11.8 Å². The molecule has 1 aliphatic carbocycles. The first-order chi connectivity index (χ1) is 18.6. The normalized spacial score (nSPS) is 21.9. The molecule has 2 aromatic rings. The van der Waals surface area contributed by atoms with Crippen molar-refractivity contribution >= 4 is 36.0 Å². The number of Topliss-reactive ketones (excluding diaryl/α,β-unsaturated/α-hetero) is 1. The molecule has 9 heteroatoms. The van der Waals surface area contributed by atoms with Crippen molar-refractivity contribution in [3.63, 3.8) is 0 Å². The fourth-order valence-corrected chi connectivity index (χ4v) is 5.53. The number of rotatable bonds is 9. The molecule has 2 aliphatic rings. The average Bonchev–Trinajstić information content (AvgIpc) is 2.89. The largest absolute Gasteiger partial charge is 0.478 e. The minimum absolute atomic E-state index is 0. The summed E-state index contributed by atoms with van der Waals surface area (Å²) in [7, 11) is 0. The van der Waals surface area contributed by atoms with Gasteiger partial charge in [-0.1, -0.05) is 56.3 Å². The van der Waals surface area contributed by atoms with Crippen LogP contribution in [0.5, 0.6) is 0 Å². The number of nitrogens with one attached hydrogen (secondary N) is 2. The van der Waals surface area contributed by atoms with Gasteiger partial charge in [0, 0.05) is 31.2 Å². The third-order valence-electron chi connectivity index (χ3n) is 7.47. The summed E-state index contributed by atoms with van der Waals surface area (Å²) in [5.74, 6) is -1.37. The summed E-state index contributed by atoms with van der Waals surface area (Å²) >= 11 is 0. The molecule has 0 unspecified atom stereocenters. The van der Waals surface area contributed by atoms with Gasteiger partial charge in [-0.3, -0.25) is 19.7 Å². The number of aliphatic hydroxyl groups excluding tert-OH is 1. The van der Waals surface area contributed by atoms with Crippen molar-refractivity contribution in [2.75, 3.05) is 6.54 Å². The predicted molar refractivity (Wildman–Crippen MR) is 155 cm³/mol. The van der Waals surface area contributed by atoms with Gasteiger partial charge in [0.05, 0.1) is 11.7 Å². The summed E-state index contributed by atoms with van der Waals surface area (Å²) in [5, 5.41) is 24.9. The number of aromatic carboxylic acids is 1. The van der Waals surface area contributed by atoms with Gasteiger partial charge in [-0.15, -0.1) is 12.4 Å². The number of carboxylic acid groups (broad SMARTS) is 1. The van der Waals surface area contributed by atoms with Crippen LogP contribution in [0.4, 0.5) is 0 Å². The molecule has 0 radical (unpaired) electrons. The Hall–Kier alpha value is -3.07. The Morgan fingerprint density at radius 2 is 1.62 bits per heavy atom. The first-order valence-electron chi connectivity index (χ1n) is 13.7. The van der Waals surface area contributed by atoms with E-state index in [0.29, 0.717) is 24.3 Å². The van der Waals surface area contributed by atoms with Crippen LogP contribution < -0.4 is 10.6 Å². The fourth-order valence-electron chi connectivity index (χ4n) is 5.53. The minimum atomic E-state index is -0.876. The summed E-state index contributed by atoms with van der Waals surface area (Å²) in [4.78, 5) is 45.7.